The molecule has 1 N–H and O–H groups in total. The number of hydrogen-bond donors (Lipinski definition) is 1. The van der Waals surface area contributed by atoms with Gasteiger partial charge in [0.15, 0.2) is 0 Å². The van der Waals surface area contributed by atoms with Crippen LogP contribution in [0, 0.1) is 0 Å². The van der Waals surface area contributed by atoms with Crippen molar-refractivity contribution in [1.29, 1.82) is 0 Å². The predicted octanol–water partition coefficient (Wildman–Crippen LogP) is 3.86. The Kier molecular flexibility index (Phi) is 7.08. The van der Waals surface area contributed by atoms with Crippen LogP contribution in [0.15, 0.2) is 42.5 Å². The van der Waals surface area contributed by atoms with Gasteiger partial charge in [-0.3, -0.25) is 19.4 Å². The van der Waals surface area contributed by atoms with E-state index in [4.69, 9.17) is 28.3 Å². The molecule has 0 unspecified atom stereocenters. The molecule has 5 nitrogen and oxygen atoms in total. The maximum Gasteiger partial charge on any atom is 0.261 e. The average Bonchev–Trinajstić information content (AvgIpc) is 2.94. The zero-order valence-electron chi connectivity index (χ0n) is 15.4. The maximum absolute atomic E-state index is 12.4. The molecule has 0 saturated carbocycles. The van der Waals surface area contributed by atoms with Crippen LogP contribution in [0.25, 0.3) is 0 Å². The van der Waals surface area contributed by atoms with Crippen molar-refractivity contribution in [3.63, 3.8) is 0 Å². The van der Waals surface area contributed by atoms with Gasteiger partial charge in [0.2, 0.25) is 0 Å². The third-order valence-corrected chi connectivity index (χ3v) is 5.50. The lowest BCUT2D eigenvalue weighted by molar-refractivity contribution is 0.0646. The minimum atomic E-state index is -0.230. The van der Waals surface area contributed by atoms with Crippen LogP contribution in [-0.4, -0.2) is 53.0 Å². The number of aliphatic hydroxyl groups is 1. The van der Waals surface area contributed by atoms with Crippen molar-refractivity contribution in [3.8, 4) is 0 Å². The lowest BCUT2D eigenvalue weighted by Gasteiger charge is -2.23. The minimum absolute atomic E-state index is 0.107. The second-order valence-corrected chi connectivity index (χ2v) is 7.58. The summed E-state index contributed by atoms with van der Waals surface area (Å²) < 4.78 is 0. The minimum Gasteiger partial charge on any atom is -0.396 e. The monoisotopic (exact) mass is 420 g/mol. The van der Waals surface area contributed by atoms with Gasteiger partial charge < -0.3 is 5.11 Å². The van der Waals surface area contributed by atoms with Gasteiger partial charge in [-0.25, -0.2) is 0 Å². The molecular formula is C21H22Cl2N2O3. The third kappa shape index (κ3) is 4.73. The first-order valence-electron chi connectivity index (χ1n) is 9.23. The zero-order chi connectivity index (χ0) is 20.1. The molecule has 2 aromatic rings. The lowest BCUT2D eigenvalue weighted by atomic mass is 10.1. The Labute approximate surface area is 174 Å². The number of fused-ring (bicyclic) bond motifs is 1. The Morgan fingerprint density at radius 2 is 1.54 bits per heavy atom. The maximum atomic E-state index is 12.4. The number of aliphatic hydroxyl groups excluding tert-OH is 1. The van der Waals surface area contributed by atoms with Crippen LogP contribution < -0.4 is 0 Å². The number of rotatable bonds is 9. The summed E-state index contributed by atoms with van der Waals surface area (Å²) in [7, 11) is 0. The highest BCUT2D eigenvalue weighted by molar-refractivity contribution is 6.42. The van der Waals surface area contributed by atoms with Crippen molar-refractivity contribution >= 4 is 35.0 Å². The topological polar surface area (TPSA) is 60.9 Å². The molecule has 0 saturated heterocycles. The highest BCUT2D eigenvalue weighted by atomic mass is 35.5. The summed E-state index contributed by atoms with van der Waals surface area (Å²) in [4.78, 5) is 28.4. The Morgan fingerprint density at radius 1 is 0.893 bits per heavy atom. The van der Waals surface area contributed by atoms with Gasteiger partial charge in [-0.1, -0.05) is 41.4 Å². The molecular weight excluding hydrogens is 399 g/mol. The van der Waals surface area contributed by atoms with E-state index in [1.807, 2.05) is 12.1 Å². The Hall–Kier alpha value is -1.92. The van der Waals surface area contributed by atoms with Crippen LogP contribution in [-0.2, 0) is 6.54 Å². The summed E-state index contributed by atoms with van der Waals surface area (Å²) >= 11 is 12.1. The molecule has 0 spiro atoms. The largest absolute Gasteiger partial charge is 0.396 e. The van der Waals surface area contributed by atoms with E-state index in [0.717, 1.165) is 5.56 Å². The second kappa shape index (κ2) is 9.52. The van der Waals surface area contributed by atoms with Gasteiger partial charge in [0.25, 0.3) is 11.8 Å². The first-order valence-corrected chi connectivity index (χ1v) is 9.99. The molecule has 1 aliphatic heterocycles. The van der Waals surface area contributed by atoms with E-state index in [-0.39, 0.29) is 18.4 Å². The number of hydrogen-bond acceptors (Lipinski definition) is 4. The SMILES string of the molecule is O=C1c2ccccc2C(=O)N1CCCN(CCCO)Cc1ccc(Cl)c(Cl)c1. The van der Waals surface area contributed by atoms with Gasteiger partial charge in [-0.15, -0.1) is 0 Å². The molecule has 1 heterocycles. The molecule has 0 aliphatic carbocycles. The van der Waals surface area contributed by atoms with Crippen molar-refractivity contribution in [2.75, 3.05) is 26.2 Å². The lowest BCUT2D eigenvalue weighted by Crippen LogP contribution is -2.34. The molecule has 7 heteroatoms. The summed E-state index contributed by atoms with van der Waals surface area (Å²) in [5, 5.41) is 10.2. The summed E-state index contributed by atoms with van der Waals surface area (Å²) in [6, 6.07) is 12.4. The Bertz CT molecular complexity index is 837. The van der Waals surface area contributed by atoms with Gasteiger partial charge in [-0.05, 0) is 42.7 Å². The molecule has 0 radical (unpaired) electrons. The van der Waals surface area contributed by atoms with Gasteiger partial charge in [0, 0.05) is 32.8 Å². The molecule has 0 aromatic heterocycles. The Balaban J connectivity index is 1.59. The number of carbonyl (C=O) groups is 2. The number of nitrogens with zero attached hydrogens (tertiary/aromatic N) is 2. The van der Waals surface area contributed by atoms with Crippen LogP contribution in [0.3, 0.4) is 0 Å². The van der Waals surface area contributed by atoms with Crippen molar-refractivity contribution in [2.24, 2.45) is 0 Å². The van der Waals surface area contributed by atoms with E-state index in [9.17, 15) is 9.59 Å². The number of imide groups is 1. The van der Waals surface area contributed by atoms with Crippen molar-refractivity contribution < 1.29 is 14.7 Å². The second-order valence-electron chi connectivity index (χ2n) is 6.76. The molecule has 1 aliphatic rings. The van der Waals surface area contributed by atoms with E-state index < -0.39 is 0 Å². The van der Waals surface area contributed by atoms with Crippen molar-refractivity contribution in [1.82, 2.24) is 9.80 Å². The van der Waals surface area contributed by atoms with E-state index in [1.54, 1.807) is 30.3 Å². The van der Waals surface area contributed by atoms with Crippen LogP contribution in [0.2, 0.25) is 10.0 Å². The van der Waals surface area contributed by atoms with Gasteiger partial charge >= 0.3 is 0 Å². The van der Waals surface area contributed by atoms with Crippen molar-refractivity contribution in [3.05, 3.63) is 69.2 Å². The normalized spacial score (nSPS) is 13.5. The molecule has 2 aromatic carbocycles. The summed E-state index contributed by atoms with van der Waals surface area (Å²) in [6.07, 6.45) is 1.30. The standard InChI is InChI=1S/C21H22Cl2N2O3/c22-18-8-7-15(13-19(18)23)14-24(10-4-12-26)9-3-11-25-20(27)16-5-1-2-6-17(16)21(25)28/h1-2,5-8,13,26H,3-4,9-12,14H2. The molecule has 28 heavy (non-hydrogen) atoms. The summed E-state index contributed by atoms with van der Waals surface area (Å²) in [6.45, 7) is 2.52. The number of carbonyl (C=O) groups excluding carboxylic acids is 2. The number of amides is 2. The predicted molar refractivity (Wildman–Crippen MR) is 110 cm³/mol. The first kappa shape index (κ1) is 20.8. The van der Waals surface area contributed by atoms with E-state index in [1.165, 1.54) is 4.90 Å². The highest BCUT2D eigenvalue weighted by Crippen LogP contribution is 2.24. The van der Waals surface area contributed by atoms with Gasteiger partial charge in [0.05, 0.1) is 21.2 Å². The fraction of sp³-hybridized carbons (Fsp3) is 0.333. The van der Waals surface area contributed by atoms with Gasteiger partial charge in [-0.2, -0.15) is 0 Å². The fourth-order valence-corrected chi connectivity index (χ4v) is 3.68. The fourth-order valence-electron chi connectivity index (χ4n) is 3.36. The first-order chi connectivity index (χ1) is 13.5. The molecule has 3 rings (SSSR count). The molecule has 148 valence electrons. The molecule has 0 bridgehead atoms. The van der Waals surface area contributed by atoms with Crippen LogP contribution >= 0.6 is 23.2 Å². The zero-order valence-corrected chi connectivity index (χ0v) is 16.9. The number of benzene rings is 2. The van der Waals surface area contributed by atoms with Crippen molar-refractivity contribution in [2.45, 2.75) is 19.4 Å². The molecule has 0 fully saturated rings. The Morgan fingerprint density at radius 3 is 2.14 bits per heavy atom. The van der Waals surface area contributed by atoms with E-state index in [0.29, 0.717) is 60.2 Å². The quantitative estimate of drug-likeness (QED) is 0.625. The van der Waals surface area contributed by atoms with Gasteiger partial charge in [0.1, 0.15) is 0 Å². The highest BCUT2D eigenvalue weighted by Gasteiger charge is 2.34. The smallest absolute Gasteiger partial charge is 0.261 e. The molecule has 2 amide bonds. The van der Waals surface area contributed by atoms with E-state index >= 15 is 0 Å². The third-order valence-electron chi connectivity index (χ3n) is 4.76. The van der Waals surface area contributed by atoms with E-state index in [2.05, 4.69) is 4.90 Å². The summed E-state index contributed by atoms with van der Waals surface area (Å²) in [5.74, 6) is -0.459. The number of halogens is 2. The summed E-state index contributed by atoms with van der Waals surface area (Å²) in [5.41, 5.74) is 1.97. The van der Waals surface area contributed by atoms with Crippen LogP contribution in [0.4, 0.5) is 0 Å². The van der Waals surface area contributed by atoms with Crippen LogP contribution in [0.1, 0.15) is 39.1 Å². The average molecular weight is 421 g/mol. The molecule has 0 atom stereocenters. The van der Waals surface area contributed by atoms with Crippen LogP contribution in [0.5, 0.6) is 0 Å².